The van der Waals surface area contributed by atoms with Crippen molar-refractivity contribution in [2.45, 2.75) is 19.1 Å². The van der Waals surface area contributed by atoms with E-state index in [1.165, 1.54) is 6.92 Å². The molecule has 2 amide bonds. The Morgan fingerprint density at radius 1 is 1.54 bits per heavy atom. The van der Waals surface area contributed by atoms with Gasteiger partial charge < -0.3 is 15.7 Å². The second kappa shape index (κ2) is 4.90. The maximum Gasteiger partial charge on any atom is 0.405 e. The normalized spacial score (nSPS) is 13.6. The van der Waals surface area contributed by atoms with E-state index in [0.29, 0.717) is 0 Å². The minimum Gasteiger partial charge on any atom is -0.394 e. The van der Waals surface area contributed by atoms with E-state index in [2.05, 4.69) is 5.32 Å². The molecule has 0 spiro atoms. The summed E-state index contributed by atoms with van der Waals surface area (Å²) in [7, 11) is 0. The summed E-state index contributed by atoms with van der Waals surface area (Å²) >= 11 is 0. The molecule has 0 heterocycles. The van der Waals surface area contributed by atoms with E-state index >= 15 is 0 Å². The lowest BCUT2D eigenvalue weighted by Crippen LogP contribution is -2.45. The number of hydrogen-bond donors (Lipinski definition) is 3. The Balaban J connectivity index is 3.64. The van der Waals surface area contributed by atoms with Gasteiger partial charge in [-0.05, 0) is 6.92 Å². The molecule has 0 fully saturated rings. The van der Waals surface area contributed by atoms with Crippen LogP contribution in [0.3, 0.4) is 0 Å². The van der Waals surface area contributed by atoms with Gasteiger partial charge >= 0.3 is 12.2 Å². The van der Waals surface area contributed by atoms with E-state index in [4.69, 9.17) is 5.11 Å². The summed E-state index contributed by atoms with van der Waals surface area (Å²) < 4.78 is 34.6. The SMILES string of the molecule is C[C@@H](CO)NC(=O)NCC(F)(F)F. The van der Waals surface area contributed by atoms with Crippen LogP contribution in [0.4, 0.5) is 18.0 Å². The molecular weight excluding hydrogens is 189 g/mol. The number of alkyl halides is 3. The maximum atomic E-state index is 11.5. The molecule has 4 nitrogen and oxygen atoms in total. The summed E-state index contributed by atoms with van der Waals surface area (Å²) in [4.78, 5) is 10.6. The zero-order chi connectivity index (χ0) is 10.5. The second-order valence-corrected chi connectivity index (χ2v) is 2.53. The van der Waals surface area contributed by atoms with Gasteiger partial charge in [-0.3, -0.25) is 0 Å². The summed E-state index contributed by atoms with van der Waals surface area (Å²) in [5, 5.41) is 12.2. The number of carbonyl (C=O) groups is 1. The number of halogens is 3. The Hall–Kier alpha value is -0.980. The van der Waals surface area contributed by atoms with Crippen molar-refractivity contribution in [3.8, 4) is 0 Å². The standard InChI is InChI=1S/C6H11F3N2O2/c1-4(2-12)11-5(13)10-3-6(7,8)9/h4,12H,2-3H2,1H3,(H2,10,11,13)/t4-/m0/s1. The van der Waals surface area contributed by atoms with Crippen molar-refractivity contribution in [2.24, 2.45) is 0 Å². The molecular formula is C6H11F3N2O2. The van der Waals surface area contributed by atoms with Crippen molar-refractivity contribution in [3.05, 3.63) is 0 Å². The predicted molar refractivity (Wildman–Crippen MR) is 39.1 cm³/mol. The summed E-state index contributed by atoms with van der Waals surface area (Å²) in [6, 6.07) is -1.51. The van der Waals surface area contributed by atoms with Gasteiger partial charge in [-0.1, -0.05) is 0 Å². The lowest BCUT2D eigenvalue weighted by molar-refractivity contribution is -0.122. The first kappa shape index (κ1) is 12.0. The highest BCUT2D eigenvalue weighted by atomic mass is 19.4. The molecule has 0 aliphatic heterocycles. The average molecular weight is 200 g/mol. The molecule has 0 bridgehead atoms. The van der Waals surface area contributed by atoms with Crippen LogP contribution in [0.15, 0.2) is 0 Å². The Labute approximate surface area is 73.1 Å². The topological polar surface area (TPSA) is 61.4 Å². The lowest BCUT2D eigenvalue weighted by atomic mass is 10.4. The number of urea groups is 1. The number of hydrogen-bond acceptors (Lipinski definition) is 2. The van der Waals surface area contributed by atoms with Crippen molar-refractivity contribution in [1.82, 2.24) is 10.6 Å². The van der Waals surface area contributed by atoms with Crippen molar-refractivity contribution < 1.29 is 23.1 Å². The van der Waals surface area contributed by atoms with Gasteiger partial charge in [-0.15, -0.1) is 0 Å². The molecule has 3 N–H and O–H groups in total. The molecule has 0 saturated carbocycles. The lowest BCUT2D eigenvalue weighted by Gasteiger charge is -2.12. The molecule has 7 heteroatoms. The van der Waals surface area contributed by atoms with Crippen molar-refractivity contribution in [1.29, 1.82) is 0 Å². The number of carbonyl (C=O) groups excluding carboxylic acids is 1. The monoisotopic (exact) mass is 200 g/mol. The number of amides is 2. The average Bonchev–Trinajstić information content (AvgIpc) is 1.99. The van der Waals surface area contributed by atoms with Crippen LogP contribution in [0.5, 0.6) is 0 Å². The van der Waals surface area contributed by atoms with Gasteiger partial charge in [-0.25, -0.2) is 4.79 Å². The molecule has 0 aliphatic rings. The van der Waals surface area contributed by atoms with E-state index < -0.39 is 24.8 Å². The van der Waals surface area contributed by atoms with Gasteiger partial charge in [0.15, 0.2) is 0 Å². The van der Waals surface area contributed by atoms with Crippen LogP contribution >= 0.6 is 0 Å². The smallest absolute Gasteiger partial charge is 0.394 e. The molecule has 0 aliphatic carbocycles. The summed E-state index contributed by atoms with van der Waals surface area (Å²) in [5.74, 6) is 0. The van der Waals surface area contributed by atoms with Crippen LogP contribution in [0.2, 0.25) is 0 Å². The third-order valence-corrected chi connectivity index (χ3v) is 1.10. The highest BCUT2D eigenvalue weighted by molar-refractivity contribution is 5.74. The van der Waals surface area contributed by atoms with Gasteiger partial charge in [-0.2, -0.15) is 13.2 Å². The fourth-order valence-electron chi connectivity index (χ4n) is 0.501. The van der Waals surface area contributed by atoms with E-state index in [-0.39, 0.29) is 6.61 Å². The van der Waals surface area contributed by atoms with Crippen LogP contribution in [-0.4, -0.2) is 36.5 Å². The van der Waals surface area contributed by atoms with Crippen molar-refractivity contribution in [2.75, 3.05) is 13.2 Å². The summed E-state index contributed by atoms with van der Waals surface area (Å²) in [6.07, 6.45) is -4.42. The van der Waals surface area contributed by atoms with E-state index in [1.807, 2.05) is 0 Å². The first-order chi connectivity index (χ1) is 5.85. The fourth-order valence-corrected chi connectivity index (χ4v) is 0.501. The van der Waals surface area contributed by atoms with E-state index in [1.54, 1.807) is 5.32 Å². The molecule has 78 valence electrons. The van der Waals surface area contributed by atoms with Crippen LogP contribution < -0.4 is 10.6 Å². The second-order valence-electron chi connectivity index (χ2n) is 2.53. The van der Waals surface area contributed by atoms with E-state index in [9.17, 15) is 18.0 Å². The molecule has 1 atom stereocenters. The first-order valence-electron chi connectivity index (χ1n) is 3.57. The van der Waals surface area contributed by atoms with Crippen LogP contribution in [0.1, 0.15) is 6.92 Å². The molecule has 0 saturated heterocycles. The number of nitrogens with one attached hydrogen (secondary N) is 2. The van der Waals surface area contributed by atoms with Crippen LogP contribution in [0, 0.1) is 0 Å². The number of aliphatic hydroxyl groups is 1. The third-order valence-electron chi connectivity index (χ3n) is 1.10. The molecule has 0 aromatic rings. The van der Waals surface area contributed by atoms with Gasteiger partial charge in [0.2, 0.25) is 0 Å². The predicted octanol–water partition coefficient (Wildman–Crippen LogP) is 0.229. The van der Waals surface area contributed by atoms with Crippen LogP contribution in [0.25, 0.3) is 0 Å². The van der Waals surface area contributed by atoms with Gasteiger partial charge in [0.25, 0.3) is 0 Å². The van der Waals surface area contributed by atoms with Crippen LogP contribution in [-0.2, 0) is 0 Å². The molecule has 13 heavy (non-hydrogen) atoms. The summed E-state index contributed by atoms with van der Waals surface area (Å²) in [6.45, 7) is -0.233. The zero-order valence-electron chi connectivity index (χ0n) is 6.98. The van der Waals surface area contributed by atoms with Crippen molar-refractivity contribution in [3.63, 3.8) is 0 Å². The zero-order valence-corrected chi connectivity index (χ0v) is 6.98. The van der Waals surface area contributed by atoms with E-state index in [0.717, 1.165) is 0 Å². The third kappa shape index (κ3) is 7.38. The van der Waals surface area contributed by atoms with Gasteiger partial charge in [0.1, 0.15) is 6.54 Å². The first-order valence-corrected chi connectivity index (χ1v) is 3.57. The maximum absolute atomic E-state index is 11.5. The Kier molecular flexibility index (Phi) is 4.53. The minimum atomic E-state index is -4.42. The number of rotatable bonds is 3. The van der Waals surface area contributed by atoms with Gasteiger partial charge in [0, 0.05) is 0 Å². The highest BCUT2D eigenvalue weighted by Crippen LogP contribution is 2.11. The molecule has 0 aromatic heterocycles. The highest BCUT2D eigenvalue weighted by Gasteiger charge is 2.27. The quantitative estimate of drug-likeness (QED) is 0.610. The molecule has 0 unspecified atom stereocenters. The minimum absolute atomic E-state index is 0.320. The molecule has 0 aromatic carbocycles. The Bertz CT molecular complexity index is 172. The van der Waals surface area contributed by atoms with Crippen molar-refractivity contribution >= 4 is 6.03 Å². The van der Waals surface area contributed by atoms with Gasteiger partial charge in [0.05, 0.1) is 12.6 Å². The number of aliphatic hydroxyl groups excluding tert-OH is 1. The molecule has 0 radical (unpaired) electrons. The Morgan fingerprint density at radius 3 is 2.46 bits per heavy atom. The Morgan fingerprint density at radius 2 is 2.08 bits per heavy atom. The summed E-state index contributed by atoms with van der Waals surface area (Å²) in [5.41, 5.74) is 0. The molecule has 0 rings (SSSR count). The largest absolute Gasteiger partial charge is 0.405 e. The fraction of sp³-hybridized carbons (Fsp3) is 0.833.